The normalized spacial score (nSPS) is 12.1. The molecular weight excluding hydrogens is 523 g/mol. The van der Waals surface area contributed by atoms with Crippen molar-refractivity contribution in [1.82, 2.24) is 14.5 Å². The zero-order chi connectivity index (χ0) is 26.3. The van der Waals surface area contributed by atoms with Crippen molar-refractivity contribution in [1.29, 1.82) is 0 Å². The minimum Gasteiger partial charge on any atom is -0.457 e. The third kappa shape index (κ3) is 5.00. The molecule has 0 aliphatic carbocycles. The number of aromatic nitrogens is 3. The fourth-order valence-corrected chi connectivity index (χ4v) is 4.87. The number of pyridine rings is 1. The van der Waals surface area contributed by atoms with E-state index in [0.29, 0.717) is 10.6 Å². The first-order chi connectivity index (χ1) is 16.9. The second-order valence-electron chi connectivity index (χ2n) is 7.65. The van der Waals surface area contributed by atoms with E-state index in [4.69, 9.17) is 16.3 Å². The number of alkyl halides is 3. The average molecular weight is 540 g/mol. The van der Waals surface area contributed by atoms with Crippen LogP contribution in [0, 0.1) is 0 Å². The van der Waals surface area contributed by atoms with Crippen LogP contribution in [0.5, 0.6) is 11.5 Å². The molecule has 188 valence electrons. The number of hydrogen-bond acceptors (Lipinski definition) is 6. The van der Waals surface area contributed by atoms with Gasteiger partial charge in [0, 0.05) is 23.5 Å². The molecule has 2 aromatic carbocycles. The van der Waals surface area contributed by atoms with Crippen molar-refractivity contribution in [3.63, 3.8) is 0 Å². The lowest BCUT2D eigenvalue weighted by Gasteiger charge is -2.16. The van der Waals surface area contributed by atoms with Gasteiger partial charge in [0.15, 0.2) is 9.84 Å². The zero-order valence-corrected chi connectivity index (χ0v) is 20.0. The molecule has 0 amide bonds. The molecule has 2 heterocycles. The van der Waals surface area contributed by atoms with E-state index in [0.717, 1.165) is 6.07 Å². The summed E-state index contributed by atoms with van der Waals surface area (Å²) in [6.07, 6.45) is -2.24. The number of ether oxygens (including phenoxy) is 1. The highest BCUT2D eigenvalue weighted by Gasteiger charge is 2.35. The number of benzene rings is 2. The topological polar surface area (TPSA) is 111 Å². The van der Waals surface area contributed by atoms with Gasteiger partial charge in [0.1, 0.15) is 11.5 Å². The van der Waals surface area contributed by atoms with Crippen molar-refractivity contribution >= 4 is 32.3 Å². The van der Waals surface area contributed by atoms with E-state index >= 15 is 0 Å². The summed E-state index contributed by atoms with van der Waals surface area (Å²) in [7, 11) is -3.75. The molecule has 4 aromatic rings. The van der Waals surface area contributed by atoms with Gasteiger partial charge in [-0.2, -0.15) is 13.2 Å². The van der Waals surface area contributed by atoms with Gasteiger partial charge in [-0.1, -0.05) is 18.5 Å². The summed E-state index contributed by atoms with van der Waals surface area (Å²) in [5.41, 5.74) is -3.38. The quantitative estimate of drug-likeness (QED) is 0.389. The molecule has 0 saturated heterocycles. The highest BCUT2D eigenvalue weighted by atomic mass is 35.5. The van der Waals surface area contributed by atoms with Crippen LogP contribution in [0.2, 0.25) is 5.02 Å². The first-order valence-corrected chi connectivity index (χ1v) is 12.4. The van der Waals surface area contributed by atoms with E-state index in [1.165, 1.54) is 49.6 Å². The Morgan fingerprint density at radius 3 is 2.42 bits per heavy atom. The number of nitrogens with one attached hydrogen (secondary N) is 1. The molecule has 4 rings (SSSR count). The molecule has 0 unspecified atom stereocenters. The summed E-state index contributed by atoms with van der Waals surface area (Å²) in [6, 6.07) is 8.07. The lowest BCUT2D eigenvalue weighted by Crippen LogP contribution is -2.36. The van der Waals surface area contributed by atoms with Crippen LogP contribution in [0.15, 0.2) is 69.3 Å². The SMILES string of the molecule is CCS(=O)(=O)c1ccc(Cl)cc1Cn1c(=O)[nH]c2cc(Oc3ccncc3)c(C(F)(F)F)cc2c1=O. The summed E-state index contributed by atoms with van der Waals surface area (Å²) >= 11 is 5.99. The molecule has 0 bridgehead atoms. The van der Waals surface area contributed by atoms with E-state index in [1.54, 1.807) is 0 Å². The number of hydrogen-bond donors (Lipinski definition) is 1. The molecule has 13 heteroatoms. The standard InChI is InChI=1S/C23H17ClF3N3O5S/c1-2-36(33,34)20-4-3-14(24)9-13(20)12-30-21(31)16-10-17(23(25,26)27)19(11-18(16)29-22(30)32)35-15-5-7-28-8-6-15/h3-11H,2,12H2,1H3,(H,29,32). The maximum absolute atomic E-state index is 13.9. The maximum Gasteiger partial charge on any atom is 0.420 e. The molecule has 0 radical (unpaired) electrons. The molecule has 0 aliphatic heterocycles. The van der Waals surface area contributed by atoms with Crippen LogP contribution in [0.25, 0.3) is 10.9 Å². The zero-order valence-electron chi connectivity index (χ0n) is 18.5. The van der Waals surface area contributed by atoms with E-state index in [1.807, 2.05) is 0 Å². The van der Waals surface area contributed by atoms with Crippen molar-refractivity contribution in [2.75, 3.05) is 5.75 Å². The number of H-pyrrole nitrogens is 1. The number of aromatic amines is 1. The molecule has 0 aliphatic rings. The monoisotopic (exact) mass is 539 g/mol. The smallest absolute Gasteiger partial charge is 0.420 e. The van der Waals surface area contributed by atoms with E-state index in [9.17, 15) is 31.2 Å². The minimum absolute atomic E-state index is 0.0463. The molecule has 2 aromatic heterocycles. The molecule has 0 fully saturated rings. The molecule has 8 nitrogen and oxygen atoms in total. The Hall–Kier alpha value is -3.64. The van der Waals surface area contributed by atoms with Crippen molar-refractivity contribution in [3.05, 3.63) is 91.8 Å². The van der Waals surface area contributed by atoms with Gasteiger partial charge in [0.2, 0.25) is 0 Å². The highest BCUT2D eigenvalue weighted by Crippen LogP contribution is 2.39. The third-order valence-corrected chi connectivity index (χ3v) is 7.39. The van der Waals surface area contributed by atoms with Crippen LogP contribution in [-0.4, -0.2) is 28.7 Å². The predicted molar refractivity (Wildman–Crippen MR) is 126 cm³/mol. The molecule has 36 heavy (non-hydrogen) atoms. The van der Waals surface area contributed by atoms with Crippen LogP contribution in [0.1, 0.15) is 18.1 Å². The Balaban J connectivity index is 1.90. The third-order valence-electron chi connectivity index (χ3n) is 5.33. The lowest BCUT2D eigenvalue weighted by molar-refractivity contribution is -0.138. The van der Waals surface area contributed by atoms with E-state index in [-0.39, 0.29) is 32.5 Å². The Morgan fingerprint density at radius 2 is 1.78 bits per heavy atom. The first-order valence-electron chi connectivity index (χ1n) is 10.4. The molecule has 0 atom stereocenters. The predicted octanol–water partition coefficient (Wildman–Crippen LogP) is 4.39. The number of fused-ring (bicyclic) bond motifs is 1. The van der Waals surface area contributed by atoms with Crippen molar-refractivity contribution < 1.29 is 26.3 Å². The van der Waals surface area contributed by atoms with E-state index in [2.05, 4.69) is 9.97 Å². The summed E-state index contributed by atoms with van der Waals surface area (Å²) in [4.78, 5) is 31.9. The molecular formula is C23H17ClF3N3O5S. The van der Waals surface area contributed by atoms with Gasteiger partial charge in [0.05, 0.1) is 33.7 Å². The Labute approximate surface area is 206 Å². The number of sulfone groups is 1. The lowest BCUT2D eigenvalue weighted by atomic mass is 10.1. The van der Waals surface area contributed by atoms with Gasteiger partial charge in [-0.15, -0.1) is 0 Å². The summed E-state index contributed by atoms with van der Waals surface area (Å²) < 4.78 is 72.5. The van der Waals surface area contributed by atoms with E-state index < -0.39 is 50.5 Å². The van der Waals surface area contributed by atoms with Crippen LogP contribution < -0.4 is 16.0 Å². The van der Waals surface area contributed by atoms with Crippen molar-refractivity contribution in [2.24, 2.45) is 0 Å². The van der Waals surface area contributed by atoms with Crippen LogP contribution in [0.3, 0.4) is 0 Å². The maximum atomic E-state index is 13.9. The van der Waals surface area contributed by atoms with Crippen LogP contribution >= 0.6 is 11.6 Å². The second-order valence-corrected chi connectivity index (χ2v) is 10.3. The average Bonchev–Trinajstić information content (AvgIpc) is 2.81. The second kappa shape index (κ2) is 9.43. The van der Waals surface area contributed by atoms with Crippen molar-refractivity contribution in [3.8, 4) is 11.5 Å². The summed E-state index contributed by atoms with van der Waals surface area (Å²) in [5.74, 6) is -0.809. The molecule has 0 saturated carbocycles. The van der Waals surface area contributed by atoms with Gasteiger partial charge in [0.25, 0.3) is 5.56 Å². The van der Waals surface area contributed by atoms with Crippen molar-refractivity contribution in [2.45, 2.75) is 24.5 Å². The number of halogens is 4. The summed E-state index contributed by atoms with van der Waals surface area (Å²) in [6.45, 7) is 0.892. The Morgan fingerprint density at radius 1 is 1.08 bits per heavy atom. The Kier molecular flexibility index (Phi) is 6.67. The Bertz CT molecular complexity index is 1680. The number of nitrogens with zero attached hydrogens (tertiary/aromatic N) is 2. The largest absolute Gasteiger partial charge is 0.457 e. The fourth-order valence-electron chi connectivity index (χ4n) is 3.56. The van der Waals surface area contributed by atoms with Gasteiger partial charge < -0.3 is 9.72 Å². The van der Waals surface area contributed by atoms with Gasteiger partial charge in [-0.05, 0) is 42.0 Å². The highest BCUT2D eigenvalue weighted by molar-refractivity contribution is 7.91. The summed E-state index contributed by atoms with van der Waals surface area (Å²) in [5, 5.41) is -0.284. The first kappa shape index (κ1) is 25.5. The van der Waals surface area contributed by atoms with Gasteiger partial charge >= 0.3 is 11.9 Å². The molecule has 0 spiro atoms. The minimum atomic E-state index is -4.89. The van der Waals surface area contributed by atoms with Crippen LogP contribution in [0.4, 0.5) is 13.2 Å². The van der Waals surface area contributed by atoms with Crippen LogP contribution in [-0.2, 0) is 22.6 Å². The fraction of sp³-hybridized carbons (Fsp3) is 0.174. The molecule has 1 N–H and O–H groups in total. The number of rotatable bonds is 6. The van der Waals surface area contributed by atoms with Gasteiger partial charge in [-0.25, -0.2) is 13.2 Å². The van der Waals surface area contributed by atoms with Gasteiger partial charge in [-0.3, -0.25) is 14.3 Å².